The minimum Gasteiger partial charge on any atom is -0.618 e. The van der Waals surface area contributed by atoms with Crippen LogP contribution >= 0.6 is 0 Å². The fourth-order valence-corrected chi connectivity index (χ4v) is 4.10. The van der Waals surface area contributed by atoms with E-state index in [1.54, 1.807) is 31.4 Å². The molecule has 212 valence electrons. The molecule has 40 heavy (non-hydrogen) atoms. The van der Waals surface area contributed by atoms with E-state index in [2.05, 4.69) is 12.1 Å². The van der Waals surface area contributed by atoms with Gasteiger partial charge in [0.25, 0.3) is 5.69 Å². The number of benzene rings is 2. The Morgan fingerprint density at radius 3 is 2.30 bits per heavy atom. The molecule has 0 spiro atoms. The number of carboxylic acids is 2. The molecule has 0 aliphatic rings. The van der Waals surface area contributed by atoms with Crippen LogP contribution in [0.1, 0.15) is 65.8 Å². The summed E-state index contributed by atoms with van der Waals surface area (Å²) in [4.78, 5) is 22.2. The molecule has 3 rings (SSSR count). The highest BCUT2D eigenvalue weighted by atomic mass is 16.5. The van der Waals surface area contributed by atoms with Crippen molar-refractivity contribution < 1.29 is 38.7 Å². The van der Waals surface area contributed by atoms with Crippen LogP contribution in [0.2, 0.25) is 0 Å². The molecule has 0 atom stereocenters. The van der Waals surface area contributed by atoms with Crippen LogP contribution in [0.15, 0.2) is 66.7 Å². The van der Waals surface area contributed by atoms with E-state index in [1.165, 1.54) is 23.8 Å². The van der Waals surface area contributed by atoms with E-state index in [-0.39, 0.29) is 29.3 Å². The third-order valence-electron chi connectivity index (χ3n) is 6.29. The van der Waals surface area contributed by atoms with Crippen LogP contribution in [0.4, 0.5) is 0 Å². The van der Waals surface area contributed by atoms with Crippen molar-refractivity contribution >= 4 is 18.0 Å². The number of hydrogen-bond acceptors (Lipinski definition) is 6. The number of pyridine rings is 1. The Hall–Kier alpha value is -4.53. The van der Waals surface area contributed by atoms with Crippen molar-refractivity contribution in [2.75, 3.05) is 13.7 Å². The topological polar surface area (TPSA) is 129 Å². The molecule has 0 saturated heterocycles. The summed E-state index contributed by atoms with van der Waals surface area (Å²) >= 11 is 0. The first-order chi connectivity index (χ1) is 19.4. The number of unbranched alkanes of at least 4 members (excludes halogenated alkanes) is 5. The van der Waals surface area contributed by atoms with Crippen LogP contribution in [-0.4, -0.2) is 35.9 Å². The van der Waals surface area contributed by atoms with Crippen molar-refractivity contribution in [1.82, 2.24) is 0 Å². The van der Waals surface area contributed by atoms with Crippen molar-refractivity contribution in [3.63, 3.8) is 0 Å². The Bertz CT molecular complexity index is 1290. The Labute approximate surface area is 233 Å². The first-order valence-electron chi connectivity index (χ1n) is 13.3. The molecular formula is C31H35NO8. The maximum atomic E-state index is 13.0. The molecule has 9 nitrogen and oxygen atoms in total. The highest BCUT2D eigenvalue weighted by Gasteiger charge is 2.18. The minimum atomic E-state index is -1.19. The summed E-state index contributed by atoms with van der Waals surface area (Å²) in [6, 6.07) is 17.3. The van der Waals surface area contributed by atoms with Crippen LogP contribution in [-0.2, 0) is 17.8 Å². The van der Waals surface area contributed by atoms with Crippen LogP contribution in [0, 0.1) is 5.21 Å². The number of carboxylic acid groups (broad SMARTS) is 2. The fourth-order valence-electron chi connectivity index (χ4n) is 4.10. The average Bonchev–Trinajstić information content (AvgIpc) is 2.95. The number of methoxy groups -OCH3 is 1. The fraction of sp³-hybridized carbons (Fsp3) is 0.323. The molecule has 2 aromatic carbocycles. The van der Waals surface area contributed by atoms with Gasteiger partial charge in [-0.3, -0.25) is 0 Å². The van der Waals surface area contributed by atoms with Crippen LogP contribution < -0.4 is 18.9 Å². The Morgan fingerprint density at radius 2 is 1.60 bits per heavy atom. The van der Waals surface area contributed by atoms with Crippen molar-refractivity contribution in [2.45, 2.75) is 51.6 Å². The van der Waals surface area contributed by atoms with Crippen LogP contribution in [0.25, 0.3) is 6.08 Å². The summed E-state index contributed by atoms with van der Waals surface area (Å²) in [5.41, 5.74) is 1.64. The maximum absolute atomic E-state index is 13.0. The summed E-state index contributed by atoms with van der Waals surface area (Å²) in [6.45, 7) is 0.261. The normalized spacial score (nSPS) is 10.9. The second-order valence-corrected chi connectivity index (χ2v) is 9.23. The van der Waals surface area contributed by atoms with Gasteiger partial charge in [0.2, 0.25) is 5.69 Å². The predicted octanol–water partition coefficient (Wildman–Crippen LogP) is 5.67. The first-order valence-corrected chi connectivity index (χ1v) is 13.3. The number of aliphatic carboxylic acids is 1. The number of aromatic nitrogens is 1. The standard InChI is InChI=1S/C31H35NO8/c1-38-26-15-12-23(13-16-26)9-6-4-2-3-5-7-20-39-29-18-14-25(32(37)28(29)17-19-30(33)34)22-40-27-11-8-10-24(21-27)31(35)36/h8,10-19,21H,2-7,9,20,22H2,1H3,(H,33,34)(H,35,36)/b19-17+. The lowest BCUT2D eigenvalue weighted by Gasteiger charge is -2.13. The van der Waals surface area contributed by atoms with Gasteiger partial charge in [0, 0.05) is 18.2 Å². The molecule has 0 aliphatic carbocycles. The maximum Gasteiger partial charge on any atom is 0.335 e. The summed E-state index contributed by atoms with van der Waals surface area (Å²) < 4.78 is 17.2. The van der Waals surface area contributed by atoms with E-state index in [0.717, 1.165) is 56.8 Å². The van der Waals surface area contributed by atoms with Gasteiger partial charge in [-0.05, 0) is 61.2 Å². The third kappa shape index (κ3) is 9.65. The molecule has 0 aliphatic heterocycles. The lowest BCUT2D eigenvalue weighted by molar-refractivity contribution is -0.618. The second kappa shape index (κ2) is 15.8. The van der Waals surface area contributed by atoms with Crippen molar-refractivity contribution in [1.29, 1.82) is 0 Å². The van der Waals surface area contributed by atoms with Gasteiger partial charge in [0.05, 0.1) is 19.3 Å². The van der Waals surface area contributed by atoms with E-state index in [4.69, 9.17) is 24.4 Å². The average molecular weight is 550 g/mol. The molecule has 2 N–H and O–H groups in total. The molecule has 0 bridgehead atoms. The van der Waals surface area contributed by atoms with Gasteiger partial charge >= 0.3 is 11.9 Å². The molecular weight excluding hydrogens is 514 g/mol. The molecule has 1 heterocycles. The molecule has 0 amide bonds. The zero-order valence-corrected chi connectivity index (χ0v) is 22.6. The molecule has 3 aromatic rings. The number of carbonyl (C=O) groups is 2. The van der Waals surface area contributed by atoms with Gasteiger partial charge in [-0.25, -0.2) is 9.59 Å². The predicted molar refractivity (Wildman–Crippen MR) is 150 cm³/mol. The van der Waals surface area contributed by atoms with Gasteiger partial charge in [-0.1, -0.05) is 43.9 Å². The summed E-state index contributed by atoms with van der Waals surface area (Å²) in [6.07, 6.45) is 9.41. The SMILES string of the molecule is COc1ccc(CCCCCCCCOc2ccc(COc3cccc(C(=O)O)c3)[n+]([O-])c2/C=C/C(=O)O)cc1. The van der Waals surface area contributed by atoms with E-state index in [9.17, 15) is 14.8 Å². The highest BCUT2D eigenvalue weighted by molar-refractivity contribution is 5.88. The number of rotatable bonds is 17. The van der Waals surface area contributed by atoms with Crippen molar-refractivity contribution in [3.05, 3.63) is 94.5 Å². The zero-order chi connectivity index (χ0) is 28.7. The quantitative estimate of drug-likeness (QED) is 0.0954. The second-order valence-electron chi connectivity index (χ2n) is 9.23. The van der Waals surface area contributed by atoms with Gasteiger partial charge in [-0.2, -0.15) is 4.73 Å². The lowest BCUT2D eigenvalue weighted by atomic mass is 10.0. The summed E-state index contributed by atoms with van der Waals surface area (Å²) in [7, 11) is 1.66. The molecule has 1 aromatic heterocycles. The summed E-state index contributed by atoms with van der Waals surface area (Å²) in [5, 5.41) is 31.2. The number of aromatic carboxylic acids is 1. The van der Waals surface area contributed by atoms with E-state index in [0.29, 0.717) is 17.1 Å². The zero-order valence-electron chi connectivity index (χ0n) is 22.6. The van der Waals surface area contributed by atoms with Gasteiger partial charge in [0.1, 0.15) is 11.5 Å². The Morgan fingerprint density at radius 1 is 0.875 bits per heavy atom. The van der Waals surface area contributed by atoms with E-state index in [1.807, 2.05) is 12.1 Å². The largest absolute Gasteiger partial charge is 0.618 e. The van der Waals surface area contributed by atoms with Gasteiger partial charge in [-0.15, -0.1) is 0 Å². The number of nitrogens with zero attached hydrogens (tertiary/aromatic N) is 1. The monoisotopic (exact) mass is 549 g/mol. The van der Waals surface area contributed by atoms with Crippen molar-refractivity contribution in [3.8, 4) is 17.2 Å². The molecule has 0 fully saturated rings. The third-order valence-corrected chi connectivity index (χ3v) is 6.29. The number of ether oxygens (including phenoxy) is 3. The van der Waals surface area contributed by atoms with Crippen LogP contribution in [0.5, 0.6) is 17.2 Å². The smallest absolute Gasteiger partial charge is 0.335 e. The molecule has 0 unspecified atom stereocenters. The van der Waals surface area contributed by atoms with E-state index >= 15 is 0 Å². The molecule has 0 radical (unpaired) electrons. The van der Waals surface area contributed by atoms with Crippen LogP contribution in [0.3, 0.4) is 0 Å². The molecule has 9 heteroatoms. The number of hydrogen-bond donors (Lipinski definition) is 2. The minimum absolute atomic E-state index is 0.0568. The van der Waals surface area contributed by atoms with Gasteiger partial charge < -0.3 is 29.6 Å². The van der Waals surface area contributed by atoms with Gasteiger partial charge in [0.15, 0.2) is 12.4 Å². The lowest BCUT2D eigenvalue weighted by Crippen LogP contribution is -2.36. The first kappa shape index (κ1) is 30.0. The Balaban J connectivity index is 1.46. The Kier molecular flexibility index (Phi) is 11.8. The van der Waals surface area contributed by atoms with E-state index < -0.39 is 11.9 Å². The molecule has 0 saturated carbocycles. The van der Waals surface area contributed by atoms with Crippen molar-refractivity contribution in [2.24, 2.45) is 0 Å². The highest BCUT2D eigenvalue weighted by Crippen LogP contribution is 2.20. The number of aryl methyl sites for hydroxylation is 1. The summed E-state index contributed by atoms with van der Waals surface area (Å²) in [5.74, 6) is -0.833.